The average Bonchev–Trinajstić information content (AvgIpc) is 3.11. The number of pyridine rings is 2. The lowest BCUT2D eigenvalue weighted by molar-refractivity contribution is -0.157. The maximum absolute atomic E-state index is 12.2. The van der Waals surface area contributed by atoms with Gasteiger partial charge in [0, 0.05) is 35.8 Å². The fourth-order valence-electron chi connectivity index (χ4n) is 5.08. The van der Waals surface area contributed by atoms with Crippen LogP contribution in [0.2, 0.25) is 0 Å². The Morgan fingerprint density at radius 1 is 0.618 bits per heavy atom. The van der Waals surface area contributed by atoms with E-state index in [-0.39, 0.29) is 36.0 Å². The number of anilines is 1. The lowest BCUT2D eigenvalue weighted by atomic mass is 9.97. The molecule has 55 heavy (non-hydrogen) atoms. The van der Waals surface area contributed by atoms with Crippen LogP contribution in [0.4, 0.5) is 5.69 Å². The first-order valence-electron chi connectivity index (χ1n) is 18.9. The standard InChI is InChI=1S/C23H31NO3.C13H19NO2.C9H12BrNO/c1-7-26-17(3)21-13-10-19(15-24-21)14-18-8-11-20(12-9-18)16(2)22(25)27-23(4,5)6;1-9(12(15)16-13(2,3)4)10-5-7-11(14)8-6-10;1-3-12-7(2)9-5-4-8(10)6-11-9/h8-13,15-17H,7,14H2,1-6H3;5-9H,14H2,1-4H3;4-7H,3H2,1-2H3. The predicted molar refractivity (Wildman–Crippen MR) is 225 cm³/mol. The van der Waals surface area contributed by atoms with E-state index in [9.17, 15) is 9.59 Å². The second kappa shape index (κ2) is 22.4. The number of hydrogen-bond donors (Lipinski definition) is 1. The highest BCUT2D eigenvalue weighted by molar-refractivity contribution is 9.10. The highest BCUT2D eigenvalue weighted by Crippen LogP contribution is 2.23. The molecule has 0 amide bonds. The summed E-state index contributed by atoms with van der Waals surface area (Å²) in [4.78, 5) is 32.8. The molecule has 4 aromatic rings. The van der Waals surface area contributed by atoms with Crippen molar-refractivity contribution in [3.63, 3.8) is 0 Å². The minimum absolute atomic E-state index is 0.0117. The van der Waals surface area contributed by atoms with Gasteiger partial charge in [-0.2, -0.15) is 0 Å². The monoisotopic (exact) mass is 819 g/mol. The van der Waals surface area contributed by atoms with Gasteiger partial charge in [-0.25, -0.2) is 0 Å². The summed E-state index contributed by atoms with van der Waals surface area (Å²) in [6.07, 6.45) is 4.59. The molecule has 4 rings (SSSR count). The van der Waals surface area contributed by atoms with Crippen LogP contribution in [-0.4, -0.2) is 46.3 Å². The van der Waals surface area contributed by atoms with E-state index >= 15 is 0 Å². The number of ether oxygens (including phenoxy) is 4. The zero-order chi connectivity index (χ0) is 41.3. The third kappa shape index (κ3) is 17.9. The molecule has 0 bridgehead atoms. The van der Waals surface area contributed by atoms with Gasteiger partial charge >= 0.3 is 11.9 Å². The third-order valence-electron chi connectivity index (χ3n) is 8.11. The summed E-state index contributed by atoms with van der Waals surface area (Å²) in [7, 11) is 0. The van der Waals surface area contributed by atoms with Crippen LogP contribution in [0.3, 0.4) is 0 Å². The van der Waals surface area contributed by atoms with Gasteiger partial charge in [-0.05, 0) is 158 Å². The van der Waals surface area contributed by atoms with Crippen LogP contribution >= 0.6 is 15.9 Å². The van der Waals surface area contributed by atoms with Crippen molar-refractivity contribution in [1.29, 1.82) is 0 Å². The molecule has 4 atom stereocenters. The number of carbonyl (C=O) groups excluding carboxylic acids is 2. The molecule has 300 valence electrons. The van der Waals surface area contributed by atoms with Crippen LogP contribution in [0.5, 0.6) is 0 Å². The van der Waals surface area contributed by atoms with Gasteiger partial charge < -0.3 is 24.7 Å². The number of rotatable bonds is 12. The zero-order valence-electron chi connectivity index (χ0n) is 34.8. The van der Waals surface area contributed by atoms with Crippen molar-refractivity contribution >= 4 is 33.6 Å². The molecule has 2 aromatic heterocycles. The lowest BCUT2D eigenvalue weighted by Crippen LogP contribution is -2.26. The molecule has 0 saturated heterocycles. The van der Waals surface area contributed by atoms with Crippen LogP contribution in [0, 0.1) is 0 Å². The van der Waals surface area contributed by atoms with Crippen molar-refractivity contribution < 1.29 is 28.5 Å². The van der Waals surface area contributed by atoms with Gasteiger partial charge in [-0.15, -0.1) is 0 Å². The van der Waals surface area contributed by atoms with Crippen molar-refractivity contribution in [2.45, 2.75) is 125 Å². The minimum atomic E-state index is -0.468. The minimum Gasteiger partial charge on any atom is -0.460 e. The van der Waals surface area contributed by atoms with Crippen LogP contribution in [0.15, 0.2) is 89.7 Å². The Morgan fingerprint density at radius 2 is 1.02 bits per heavy atom. The summed E-state index contributed by atoms with van der Waals surface area (Å²) in [5.41, 5.74) is 11.5. The van der Waals surface area contributed by atoms with E-state index < -0.39 is 11.2 Å². The normalized spacial score (nSPS) is 13.5. The molecule has 9 nitrogen and oxygen atoms in total. The van der Waals surface area contributed by atoms with E-state index in [2.05, 4.69) is 44.1 Å². The van der Waals surface area contributed by atoms with Crippen LogP contribution < -0.4 is 5.73 Å². The van der Waals surface area contributed by atoms with E-state index in [1.54, 1.807) is 18.3 Å². The quantitative estimate of drug-likeness (QED) is 0.110. The summed E-state index contributed by atoms with van der Waals surface area (Å²) in [5, 5.41) is 0. The maximum atomic E-state index is 12.2. The molecule has 0 aliphatic rings. The SMILES string of the molecule is CC(C(=O)OC(C)(C)C)c1ccc(N)cc1.CCOC(C)c1ccc(Br)cn1.CCOC(C)c1ccc(Cc2ccc(C(C)C(=O)OC(C)(C)C)cc2)cn1. The van der Waals surface area contributed by atoms with Gasteiger partial charge in [0.1, 0.15) is 11.2 Å². The lowest BCUT2D eigenvalue weighted by Gasteiger charge is -2.22. The van der Waals surface area contributed by atoms with Crippen molar-refractivity contribution in [1.82, 2.24) is 9.97 Å². The summed E-state index contributed by atoms with van der Waals surface area (Å²) < 4.78 is 22.7. The Bertz CT molecular complexity index is 1720. The number of aromatic nitrogens is 2. The number of halogens is 1. The van der Waals surface area contributed by atoms with Crippen LogP contribution in [0.1, 0.15) is 141 Å². The fourth-order valence-corrected chi connectivity index (χ4v) is 5.31. The smallest absolute Gasteiger partial charge is 0.313 e. The first kappa shape index (κ1) is 47.0. The van der Waals surface area contributed by atoms with E-state index in [1.165, 1.54) is 5.56 Å². The second-order valence-corrected chi connectivity index (χ2v) is 16.2. The number of benzene rings is 2. The molecule has 0 aliphatic carbocycles. The van der Waals surface area contributed by atoms with E-state index in [0.29, 0.717) is 12.3 Å². The van der Waals surface area contributed by atoms with Crippen molar-refractivity contribution in [3.05, 3.63) is 123 Å². The number of esters is 2. The van der Waals surface area contributed by atoms with Crippen LogP contribution in [-0.2, 0) is 35.0 Å². The summed E-state index contributed by atoms with van der Waals surface area (Å²) in [6.45, 7) is 24.3. The Kier molecular flexibility index (Phi) is 19.2. The molecule has 2 aromatic carbocycles. The molecule has 0 aliphatic heterocycles. The van der Waals surface area contributed by atoms with Gasteiger partial charge in [0.15, 0.2) is 0 Å². The molecule has 10 heteroatoms. The molecule has 4 unspecified atom stereocenters. The van der Waals surface area contributed by atoms with Gasteiger partial charge in [-0.3, -0.25) is 19.6 Å². The van der Waals surface area contributed by atoms with Crippen molar-refractivity contribution in [2.75, 3.05) is 18.9 Å². The van der Waals surface area contributed by atoms with E-state index in [4.69, 9.17) is 24.7 Å². The molecule has 2 heterocycles. The van der Waals surface area contributed by atoms with Gasteiger partial charge in [0.05, 0.1) is 35.4 Å². The summed E-state index contributed by atoms with van der Waals surface area (Å²) in [5.74, 6) is -0.949. The topological polar surface area (TPSA) is 123 Å². The zero-order valence-corrected chi connectivity index (χ0v) is 36.4. The van der Waals surface area contributed by atoms with Crippen molar-refractivity contribution in [3.8, 4) is 0 Å². The van der Waals surface area contributed by atoms with Crippen molar-refractivity contribution in [2.24, 2.45) is 0 Å². The van der Waals surface area contributed by atoms with E-state index in [0.717, 1.165) is 45.6 Å². The number of nitrogens with zero attached hydrogens (tertiary/aromatic N) is 2. The molecule has 0 fully saturated rings. The number of hydrogen-bond acceptors (Lipinski definition) is 9. The molecular formula is C45H62BrN3O6. The highest BCUT2D eigenvalue weighted by Gasteiger charge is 2.24. The number of nitrogens with two attached hydrogens (primary N) is 1. The van der Waals surface area contributed by atoms with Gasteiger partial charge in [-0.1, -0.05) is 42.5 Å². The molecule has 0 spiro atoms. The van der Waals surface area contributed by atoms with Gasteiger partial charge in [0.2, 0.25) is 0 Å². The highest BCUT2D eigenvalue weighted by atomic mass is 79.9. The number of nitrogen functional groups attached to an aromatic ring is 1. The first-order valence-corrected chi connectivity index (χ1v) is 19.7. The first-order chi connectivity index (χ1) is 25.7. The van der Waals surface area contributed by atoms with E-state index in [1.807, 2.05) is 132 Å². The van der Waals surface area contributed by atoms with Crippen LogP contribution in [0.25, 0.3) is 0 Å². The Balaban J connectivity index is 0.000000315. The summed E-state index contributed by atoms with van der Waals surface area (Å²) >= 11 is 3.33. The third-order valence-corrected chi connectivity index (χ3v) is 8.58. The number of carbonyl (C=O) groups is 2. The Morgan fingerprint density at radius 3 is 1.38 bits per heavy atom. The van der Waals surface area contributed by atoms with Gasteiger partial charge in [0.25, 0.3) is 0 Å². The maximum Gasteiger partial charge on any atom is 0.313 e. The fraction of sp³-hybridized carbons (Fsp3) is 0.467. The largest absolute Gasteiger partial charge is 0.460 e. The Hall–Kier alpha value is -4.12. The average molecular weight is 821 g/mol. The molecule has 2 N–H and O–H groups in total. The molecular weight excluding hydrogens is 758 g/mol. The molecule has 0 saturated carbocycles. The second-order valence-electron chi connectivity index (χ2n) is 15.3. The Labute approximate surface area is 337 Å². The summed E-state index contributed by atoms with van der Waals surface area (Å²) in [6, 6.07) is 23.5. The predicted octanol–water partition coefficient (Wildman–Crippen LogP) is 10.9. The molecule has 0 radical (unpaired) electrons.